The molecule has 0 amide bonds. The van der Waals surface area contributed by atoms with Gasteiger partial charge < -0.3 is 18.9 Å². The van der Waals surface area contributed by atoms with Gasteiger partial charge in [-0.15, -0.1) is 6.58 Å². The molecule has 4 aromatic rings. The largest absolute Gasteiger partial charge is 0.493 e. The van der Waals surface area contributed by atoms with E-state index in [2.05, 4.69) is 11.6 Å². The summed E-state index contributed by atoms with van der Waals surface area (Å²) in [5.41, 5.74) is 2.92. The summed E-state index contributed by atoms with van der Waals surface area (Å²) < 4.78 is 39.6. The second-order valence-corrected chi connectivity index (χ2v) is 12.1. The van der Waals surface area contributed by atoms with E-state index >= 15 is 0 Å². The number of rotatable bonds is 12. The SMILES string of the molecule is C=CCc1cc(/C=c2/sc3n(c2=O)[C@@H](c2ccccc2OC(C)C)C(C(=O)OCC)=C(C)N=3)cc(OC)c1OCc1ccccc1F. The highest BCUT2D eigenvalue weighted by molar-refractivity contribution is 7.07. The van der Waals surface area contributed by atoms with E-state index in [9.17, 15) is 14.0 Å². The van der Waals surface area contributed by atoms with Crippen LogP contribution in [0.25, 0.3) is 6.08 Å². The second kappa shape index (κ2) is 14.6. The quantitative estimate of drug-likeness (QED) is 0.137. The van der Waals surface area contributed by atoms with E-state index in [1.807, 2.05) is 44.2 Å². The first-order chi connectivity index (χ1) is 22.7. The Morgan fingerprint density at radius 1 is 1.11 bits per heavy atom. The van der Waals surface area contributed by atoms with Crippen molar-refractivity contribution in [1.29, 1.82) is 0 Å². The lowest BCUT2D eigenvalue weighted by molar-refractivity contribution is -0.139. The number of ether oxygens (including phenoxy) is 4. The smallest absolute Gasteiger partial charge is 0.338 e. The third kappa shape index (κ3) is 7.07. The van der Waals surface area contributed by atoms with Gasteiger partial charge in [0.05, 0.1) is 35.6 Å². The van der Waals surface area contributed by atoms with Gasteiger partial charge in [-0.05, 0) is 70.0 Å². The molecule has 1 aromatic heterocycles. The summed E-state index contributed by atoms with van der Waals surface area (Å²) in [6.45, 7) is 11.4. The van der Waals surface area contributed by atoms with Crippen LogP contribution in [0.2, 0.25) is 0 Å². The van der Waals surface area contributed by atoms with Crippen molar-refractivity contribution in [2.45, 2.75) is 52.9 Å². The van der Waals surface area contributed by atoms with Gasteiger partial charge in [-0.2, -0.15) is 0 Å². The van der Waals surface area contributed by atoms with E-state index in [1.165, 1.54) is 29.1 Å². The molecule has 47 heavy (non-hydrogen) atoms. The van der Waals surface area contributed by atoms with Crippen LogP contribution in [-0.4, -0.2) is 30.4 Å². The Kier molecular flexibility index (Phi) is 10.4. The van der Waals surface area contributed by atoms with Crippen LogP contribution in [0.1, 0.15) is 56.0 Å². The van der Waals surface area contributed by atoms with Crippen LogP contribution in [0.5, 0.6) is 17.2 Å². The lowest BCUT2D eigenvalue weighted by Crippen LogP contribution is -2.40. The van der Waals surface area contributed by atoms with Gasteiger partial charge in [0, 0.05) is 16.7 Å². The number of hydrogen-bond donors (Lipinski definition) is 0. The Labute approximate surface area is 276 Å². The van der Waals surface area contributed by atoms with E-state index < -0.39 is 12.0 Å². The lowest BCUT2D eigenvalue weighted by atomic mass is 9.95. The molecule has 3 aromatic carbocycles. The third-order valence-electron chi connectivity index (χ3n) is 7.46. The topological polar surface area (TPSA) is 88.4 Å². The molecule has 10 heteroatoms. The lowest BCUT2D eigenvalue weighted by Gasteiger charge is -2.26. The number of methoxy groups -OCH3 is 1. The molecule has 0 radical (unpaired) electrons. The van der Waals surface area contributed by atoms with Crippen LogP contribution in [-0.2, 0) is 22.6 Å². The predicted molar refractivity (Wildman–Crippen MR) is 180 cm³/mol. The maximum atomic E-state index is 14.3. The number of benzene rings is 3. The van der Waals surface area contributed by atoms with Crippen LogP contribution in [0, 0.1) is 5.82 Å². The molecule has 0 saturated carbocycles. The zero-order chi connectivity index (χ0) is 33.7. The van der Waals surface area contributed by atoms with Crippen molar-refractivity contribution in [2.24, 2.45) is 4.99 Å². The fourth-order valence-corrected chi connectivity index (χ4v) is 6.51. The fourth-order valence-electron chi connectivity index (χ4n) is 5.46. The van der Waals surface area contributed by atoms with Crippen LogP contribution >= 0.6 is 11.3 Å². The van der Waals surface area contributed by atoms with Crippen molar-refractivity contribution in [3.8, 4) is 17.2 Å². The second-order valence-electron chi connectivity index (χ2n) is 11.1. The molecule has 0 N–H and O–H groups in total. The van der Waals surface area contributed by atoms with Crippen molar-refractivity contribution < 1.29 is 28.1 Å². The van der Waals surface area contributed by atoms with Gasteiger partial charge in [0.15, 0.2) is 16.3 Å². The summed E-state index contributed by atoms with van der Waals surface area (Å²) >= 11 is 1.22. The third-order valence-corrected chi connectivity index (χ3v) is 8.44. The minimum absolute atomic E-state index is 0.00920. The maximum absolute atomic E-state index is 14.3. The molecule has 0 spiro atoms. The van der Waals surface area contributed by atoms with Crippen molar-refractivity contribution in [3.05, 3.63) is 132 Å². The average Bonchev–Trinajstić information content (AvgIpc) is 3.34. The fraction of sp³-hybridized carbons (Fsp3) is 0.270. The van der Waals surface area contributed by atoms with Gasteiger partial charge in [-0.3, -0.25) is 9.36 Å². The van der Waals surface area contributed by atoms with Crippen molar-refractivity contribution in [3.63, 3.8) is 0 Å². The molecule has 0 bridgehead atoms. The van der Waals surface area contributed by atoms with Gasteiger partial charge in [-0.25, -0.2) is 14.2 Å². The van der Waals surface area contributed by atoms with Crippen LogP contribution in [0.4, 0.5) is 4.39 Å². The number of aromatic nitrogens is 1. The number of nitrogens with zero attached hydrogens (tertiary/aromatic N) is 2. The number of thiazole rings is 1. The Morgan fingerprint density at radius 3 is 2.55 bits per heavy atom. The molecule has 0 aliphatic carbocycles. The van der Waals surface area contributed by atoms with Crippen LogP contribution in [0.3, 0.4) is 0 Å². The number of esters is 1. The Hall–Kier alpha value is -4.96. The number of carbonyl (C=O) groups excluding carboxylic acids is 1. The van der Waals surface area contributed by atoms with E-state index in [0.29, 0.717) is 55.4 Å². The molecule has 1 atom stereocenters. The summed E-state index contributed by atoms with van der Waals surface area (Å²) in [6, 6.07) is 16.6. The van der Waals surface area contributed by atoms with Crippen molar-refractivity contribution in [1.82, 2.24) is 4.57 Å². The predicted octanol–water partition coefficient (Wildman–Crippen LogP) is 6.04. The molecular formula is C37H37FN2O6S. The van der Waals surface area contributed by atoms with Crippen molar-refractivity contribution in [2.75, 3.05) is 13.7 Å². The summed E-state index contributed by atoms with van der Waals surface area (Å²) in [5, 5.41) is 0. The van der Waals surface area contributed by atoms with E-state index in [1.54, 1.807) is 50.3 Å². The molecular weight excluding hydrogens is 619 g/mol. The Bertz CT molecular complexity index is 2030. The van der Waals surface area contributed by atoms with Gasteiger partial charge in [0.1, 0.15) is 24.2 Å². The number of fused-ring (bicyclic) bond motifs is 1. The molecule has 0 saturated heterocycles. The number of halogens is 1. The number of para-hydroxylation sites is 1. The van der Waals surface area contributed by atoms with Gasteiger partial charge >= 0.3 is 5.97 Å². The highest BCUT2D eigenvalue weighted by Crippen LogP contribution is 2.37. The molecule has 1 aliphatic heterocycles. The zero-order valence-corrected chi connectivity index (χ0v) is 27.9. The molecule has 0 fully saturated rings. The highest BCUT2D eigenvalue weighted by Gasteiger charge is 2.35. The zero-order valence-electron chi connectivity index (χ0n) is 27.0. The summed E-state index contributed by atoms with van der Waals surface area (Å²) in [6.07, 6.45) is 3.80. The molecule has 0 unspecified atom stereocenters. The molecule has 5 rings (SSSR count). The molecule has 1 aliphatic rings. The normalized spacial score (nSPS) is 14.4. The number of hydrogen-bond acceptors (Lipinski definition) is 8. The van der Waals surface area contributed by atoms with E-state index in [-0.39, 0.29) is 36.3 Å². The van der Waals surface area contributed by atoms with Gasteiger partial charge in [0.2, 0.25) is 0 Å². The van der Waals surface area contributed by atoms with Crippen LogP contribution < -0.4 is 29.1 Å². The van der Waals surface area contributed by atoms with E-state index in [0.717, 1.165) is 5.56 Å². The average molecular weight is 657 g/mol. The van der Waals surface area contributed by atoms with Gasteiger partial charge in [-0.1, -0.05) is 53.8 Å². The standard InChI is InChI=1S/C37H37FN2O6S/c1-7-13-25-18-24(19-30(43-6)34(25)45-21-26-14-9-11-16-28(26)38)20-31-35(41)40-33(27-15-10-12-17-29(27)46-22(3)4)32(36(42)44-8-2)23(5)39-37(40)47-31/h7,9-12,14-20,22,33H,1,8,13,21H2,2-6H3/b31-20+/t33-/m0/s1. The first kappa shape index (κ1) is 33.4. The molecule has 8 nitrogen and oxygen atoms in total. The maximum Gasteiger partial charge on any atom is 0.338 e. The summed E-state index contributed by atoms with van der Waals surface area (Å²) in [4.78, 5) is 32.7. The van der Waals surface area contributed by atoms with Gasteiger partial charge in [0.25, 0.3) is 5.56 Å². The summed E-state index contributed by atoms with van der Waals surface area (Å²) in [5.74, 6) is 0.547. The number of carbonyl (C=O) groups is 1. The first-order valence-electron chi connectivity index (χ1n) is 15.3. The Balaban J connectivity index is 1.65. The summed E-state index contributed by atoms with van der Waals surface area (Å²) in [7, 11) is 1.52. The monoisotopic (exact) mass is 656 g/mol. The van der Waals surface area contributed by atoms with Crippen molar-refractivity contribution >= 4 is 23.4 Å². The first-order valence-corrected chi connectivity index (χ1v) is 16.1. The minimum atomic E-state index is -0.817. The molecule has 244 valence electrons. The number of allylic oxidation sites excluding steroid dienone is 2. The van der Waals surface area contributed by atoms with E-state index in [4.69, 9.17) is 18.9 Å². The Morgan fingerprint density at radius 2 is 1.85 bits per heavy atom. The molecule has 2 heterocycles. The minimum Gasteiger partial charge on any atom is -0.493 e. The highest BCUT2D eigenvalue weighted by atomic mass is 32.1. The van der Waals surface area contributed by atoms with Crippen LogP contribution in [0.15, 0.2) is 94.4 Å².